The van der Waals surface area contributed by atoms with Gasteiger partial charge < -0.3 is 19.4 Å². The number of carbonyl (C=O) groups excluding carboxylic acids is 1. The maximum atomic E-state index is 12.3. The van der Waals surface area contributed by atoms with Crippen molar-refractivity contribution in [2.24, 2.45) is 0 Å². The molecule has 7 heteroatoms. The third-order valence-electron chi connectivity index (χ3n) is 3.56. The number of hydrogen-bond donors (Lipinski definition) is 2. The average Bonchev–Trinajstić information content (AvgIpc) is 3.24. The molecule has 0 saturated heterocycles. The first-order chi connectivity index (χ1) is 11.5. The summed E-state index contributed by atoms with van der Waals surface area (Å²) in [5, 5.41) is 16.9. The minimum absolute atomic E-state index is 0.0187. The number of nitrogens with zero attached hydrogens (tertiary/aromatic N) is 2. The third kappa shape index (κ3) is 3.36. The average molecular weight is 327 g/mol. The Bertz CT molecular complexity index is 837. The number of aliphatic hydroxyl groups is 1. The summed E-state index contributed by atoms with van der Waals surface area (Å²) in [6.45, 7) is 3.29. The van der Waals surface area contributed by atoms with E-state index in [9.17, 15) is 9.90 Å². The molecule has 0 radical (unpaired) electrons. The first-order valence-corrected chi connectivity index (χ1v) is 7.41. The molecule has 1 amide bonds. The van der Waals surface area contributed by atoms with Gasteiger partial charge in [-0.15, -0.1) is 0 Å². The Morgan fingerprint density at radius 2 is 2.17 bits per heavy atom. The molecule has 0 spiro atoms. The lowest BCUT2D eigenvalue weighted by atomic mass is 10.0. The zero-order valence-electron chi connectivity index (χ0n) is 13.3. The Hall–Kier alpha value is -2.93. The molecule has 0 aliphatic heterocycles. The highest BCUT2D eigenvalue weighted by Gasteiger charge is 2.27. The van der Waals surface area contributed by atoms with Gasteiger partial charge >= 0.3 is 0 Å². The van der Waals surface area contributed by atoms with Crippen LogP contribution in [0.1, 0.15) is 28.9 Å². The number of amides is 1. The molecule has 0 bridgehead atoms. The van der Waals surface area contributed by atoms with Crippen LogP contribution in [0.15, 0.2) is 51.6 Å². The number of benzene rings is 1. The van der Waals surface area contributed by atoms with Gasteiger partial charge in [0.2, 0.25) is 11.7 Å². The van der Waals surface area contributed by atoms with Crippen LogP contribution < -0.4 is 5.32 Å². The monoisotopic (exact) mass is 327 g/mol. The molecule has 0 aliphatic carbocycles. The Morgan fingerprint density at radius 3 is 2.83 bits per heavy atom. The summed E-state index contributed by atoms with van der Waals surface area (Å²) in [6, 6.07) is 10.2. The second-order valence-corrected chi connectivity index (χ2v) is 5.65. The van der Waals surface area contributed by atoms with Crippen molar-refractivity contribution in [3.8, 4) is 11.4 Å². The Labute approximate surface area is 138 Å². The molecule has 2 aromatic heterocycles. The zero-order valence-corrected chi connectivity index (χ0v) is 13.3. The molecule has 124 valence electrons. The van der Waals surface area contributed by atoms with Crippen molar-refractivity contribution in [1.29, 1.82) is 0 Å². The number of aryl methyl sites for hydroxylation is 1. The Morgan fingerprint density at radius 1 is 1.33 bits per heavy atom. The highest BCUT2D eigenvalue weighted by atomic mass is 16.5. The number of hydrogen-bond acceptors (Lipinski definition) is 6. The van der Waals surface area contributed by atoms with Gasteiger partial charge in [0.05, 0.1) is 12.8 Å². The number of furan rings is 1. The quantitative estimate of drug-likeness (QED) is 0.745. The first-order valence-electron chi connectivity index (χ1n) is 7.41. The van der Waals surface area contributed by atoms with E-state index in [0.29, 0.717) is 28.6 Å². The third-order valence-corrected chi connectivity index (χ3v) is 3.56. The standard InChI is InChI=1S/C17H17N3O4/c1-11-19-15(20-24-11)12-5-3-6-13(9-12)16(21)18-10-17(2,22)14-7-4-8-23-14/h3-9,22H,10H2,1-2H3,(H,18,21). The molecule has 1 unspecified atom stereocenters. The second kappa shape index (κ2) is 6.29. The van der Waals surface area contributed by atoms with E-state index in [0.717, 1.165) is 0 Å². The van der Waals surface area contributed by atoms with Crippen LogP contribution in [0.5, 0.6) is 0 Å². The normalized spacial score (nSPS) is 13.5. The van der Waals surface area contributed by atoms with Crippen LogP contribution in [0.25, 0.3) is 11.4 Å². The van der Waals surface area contributed by atoms with Crippen molar-refractivity contribution in [2.75, 3.05) is 6.54 Å². The van der Waals surface area contributed by atoms with E-state index in [4.69, 9.17) is 8.94 Å². The summed E-state index contributed by atoms with van der Waals surface area (Å²) in [5.41, 5.74) is -0.177. The molecule has 2 N–H and O–H groups in total. The predicted octanol–water partition coefficient (Wildman–Crippen LogP) is 2.28. The van der Waals surface area contributed by atoms with Gasteiger partial charge in [0.25, 0.3) is 5.91 Å². The van der Waals surface area contributed by atoms with Crippen LogP contribution in [0.3, 0.4) is 0 Å². The molecule has 1 aromatic carbocycles. The number of rotatable bonds is 5. The van der Waals surface area contributed by atoms with E-state index < -0.39 is 5.60 Å². The van der Waals surface area contributed by atoms with E-state index in [1.54, 1.807) is 50.2 Å². The number of aromatic nitrogens is 2. The van der Waals surface area contributed by atoms with Crippen molar-refractivity contribution < 1.29 is 18.8 Å². The van der Waals surface area contributed by atoms with Gasteiger partial charge in [-0.25, -0.2) is 0 Å². The van der Waals surface area contributed by atoms with Crippen LogP contribution in [-0.4, -0.2) is 27.7 Å². The van der Waals surface area contributed by atoms with Crippen LogP contribution in [0.2, 0.25) is 0 Å². The molecule has 7 nitrogen and oxygen atoms in total. The molecule has 0 aliphatic rings. The van der Waals surface area contributed by atoms with Crippen molar-refractivity contribution >= 4 is 5.91 Å². The SMILES string of the molecule is Cc1nc(-c2cccc(C(=O)NCC(C)(O)c3ccco3)c2)no1. The summed E-state index contributed by atoms with van der Waals surface area (Å²) >= 11 is 0. The van der Waals surface area contributed by atoms with Gasteiger partial charge in [0, 0.05) is 18.1 Å². The van der Waals surface area contributed by atoms with Gasteiger partial charge in [-0.2, -0.15) is 4.98 Å². The van der Waals surface area contributed by atoms with Crippen molar-refractivity contribution in [3.63, 3.8) is 0 Å². The fourth-order valence-electron chi connectivity index (χ4n) is 2.24. The lowest BCUT2D eigenvalue weighted by molar-refractivity contribution is 0.0330. The summed E-state index contributed by atoms with van der Waals surface area (Å²) < 4.78 is 10.1. The van der Waals surface area contributed by atoms with E-state index in [1.807, 2.05) is 0 Å². The van der Waals surface area contributed by atoms with Crippen molar-refractivity contribution in [3.05, 3.63) is 59.9 Å². The van der Waals surface area contributed by atoms with Gasteiger partial charge in [-0.05, 0) is 31.2 Å². The van der Waals surface area contributed by atoms with E-state index in [1.165, 1.54) is 6.26 Å². The van der Waals surface area contributed by atoms with E-state index >= 15 is 0 Å². The maximum Gasteiger partial charge on any atom is 0.251 e. The van der Waals surface area contributed by atoms with Gasteiger partial charge in [-0.3, -0.25) is 4.79 Å². The molecule has 2 heterocycles. The Kier molecular flexibility index (Phi) is 4.18. The van der Waals surface area contributed by atoms with Gasteiger partial charge in [0.15, 0.2) is 0 Å². The highest BCUT2D eigenvalue weighted by molar-refractivity contribution is 5.95. The zero-order chi connectivity index (χ0) is 17.2. The molecule has 3 aromatic rings. The highest BCUT2D eigenvalue weighted by Crippen LogP contribution is 2.21. The van der Waals surface area contributed by atoms with E-state index in [-0.39, 0.29) is 12.5 Å². The molecular formula is C17H17N3O4. The van der Waals surface area contributed by atoms with Crippen LogP contribution in [0.4, 0.5) is 0 Å². The van der Waals surface area contributed by atoms with Crippen LogP contribution in [-0.2, 0) is 5.60 Å². The summed E-state index contributed by atoms with van der Waals surface area (Å²) in [5.74, 6) is 0.946. The largest absolute Gasteiger partial charge is 0.466 e. The first kappa shape index (κ1) is 15.9. The molecule has 0 saturated carbocycles. The number of nitrogens with one attached hydrogen (secondary N) is 1. The lowest BCUT2D eigenvalue weighted by Gasteiger charge is -2.21. The minimum Gasteiger partial charge on any atom is -0.466 e. The van der Waals surface area contributed by atoms with Crippen molar-refractivity contribution in [1.82, 2.24) is 15.5 Å². The van der Waals surface area contributed by atoms with Gasteiger partial charge in [-0.1, -0.05) is 17.3 Å². The summed E-state index contributed by atoms with van der Waals surface area (Å²) in [7, 11) is 0. The van der Waals surface area contributed by atoms with Crippen molar-refractivity contribution in [2.45, 2.75) is 19.4 Å². The molecule has 3 rings (SSSR count). The Balaban J connectivity index is 1.71. The van der Waals surface area contributed by atoms with Crippen LogP contribution >= 0.6 is 0 Å². The lowest BCUT2D eigenvalue weighted by Crippen LogP contribution is -2.38. The molecule has 1 atom stereocenters. The van der Waals surface area contributed by atoms with E-state index in [2.05, 4.69) is 15.5 Å². The summed E-state index contributed by atoms with van der Waals surface area (Å²) in [4.78, 5) is 16.5. The van der Waals surface area contributed by atoms with Crippen LogP contribution in [0, 0.1) is 6.92 Å². The molecule has 24 heavy (non-hydrogen) atoms. The fourth-order valence-corrected chi connectivity index (χ4v) is 2.24. The smallest absolute Gasteiger partial charge is 0.251 e. The maximum absolute atomic E-state index is 12.3. The second-order valence-electron chi connectivity index (χ2n) is 5.65. The minimum atomic E-state index is -1.29. The molecule has 0 fully saturated rings. The summed E-state index contributed by atoms with van der Waals surface area (Å²) in [6.07, 6.45) is 1.47. The topological polar surface area (TPSA) is 101 Å². The number of carbonyl (C=O) groups is 1. The van der Waals surface area contributed by atoms with Gasteiger partial charge in [0.1, 0.15) is 11.4 Å². The fraction of sp³-hybridized carbons (Fsp3) is 0.235. The molecular weight excluding hydrogens is 310 g/mol. The predicted molar refractivity (Wildman–Crippen MR) is 85.1 cm³/mol.